The fourth-order valence-electron chi connectivity index (χ4n) is 3.20. The zero-order chi connectivity index (χ0) is 21.2. The second-order valence-electron chi connectivity index (χ2n) is 7.04. The zero-order valence-corrected chi connectivity index (χ0v) is 18.6. The Morgan fingerprint density at radius 3 is 2.66 bits per heavy atom. The van der Waals surface area contributed by atoms with Crippen molar-refractivity contribution in [3.8, 4) is 5.75 Å². The highest BCUT2D eigenvalue weighted by molar-refractivity contribution is 5.79. The van der Waals surface area contributed by atoms with Crippen molar-refractivity contribution in [3.05, 3.63) is 46.3 Å². The molecule has 1 heterocycles. The van der Waals surface area contributed by atoms with Gasteiger partial charge in [0.25, 0.3) is 0 Å². The molecule has 0 unspecified atom stereocenters. The molecule has 0 aliphatic rings. The van der Waals surface area contributed by atoms with E-state index in [1.54, 1.807) is 14.2 Å². The third-order valence-electron chi connectivity index (χ3n) is 4.96. The second kappa shape index (κ2) is 11.5. The van der Waals surface area contributed by atoms with E-state index in [4.69, 9.17) is 14.5 Å². The number of guanidine groups is 1. The van der Waals surface area contributed by atoms with E-state index in [0.29, 0.717) is 13.2 Å². The summed E-state index contributed by atoms with van der Waals surface area (Å²) in [7, 11) is 3.42. The Morgan fingerprint density at radius 1 is 1.17 bits per heavy atom. The summed E-state index contributed by atoms with van der Waals surface area (Å²) in [6.07, 6.45) is 0.897. The van der Waals surface area contributed by atoms with E-state index in [1.807, 2.05) is 11.6 Å². The summed E-state index contributed by atoms with van der Waals surface area (Å²) in [6, 6.07) is 6.34. The summed E-state index contributed by atoms with van der Waals surface area (Å²) in [4.78, 5) is 4.76. The van der Waals surface area contributed by atoms with E-state index in [9.17, 15) is 0 Å². The normalized spacial score (nSPS) is 11.6. The number of aryl methyl sites for hydroxylation is 2. The van der Waals surface area contributed by atoms with Crippen molar-refractivity contribution in [3.63, 3.8) is 0 Å². The van der Waals surface area contributed by atoms with E-state index >= 15 is 0 Å². The van der Waals surface area contributed by atoms with Gasteiger partial charge in [-0.05, 0) is 51.3 Å². The van der Waals surface area contributed by atoms with Gasteiger partial charge in [-0.2, -0.15) is 5.10 Å². The lowest BCUT2D eigenvalue weighted by Gasteiger charge is -2.12. The lowest BCUT2D eigenvalue weighted by atomic mass is 10.1. The number of rotatable bonds is 10. The number of benzene rings is 1. The van der Waals surface area contributed by atoms with E-state index in [2.05, 4.69) is 54.7 Å². The minimum atomic E-state index is 0.596. The molecule has 1 aromatic carbocycles. The minimum absolute atomic E-state index is 0.596. The fraction of sp³-hybridized carbons (Fsp3) is 0.545. The Kier molecular flexibility index (Phi) is 8.99. The van der Waals surface area contributed by atoms with Crippen molar-refractivity contribution in [2.45, 2.75) is 47.2 Å². The Balaban J connectivity index is 1.99. The number of aliphatic imine (C=N–C) groups is 1. The molecule has 0 atom stereocenters. The molecular weight excluding hydrogens is 366 g/mol. The molecule has 0 aliphatic heterocycles. The topological polar surface area (TPSA) is 72.7 Å². The number of hydrogen-bond donors (Lipinski definition) is 2. The van der Waals surface area contributed by atoms with Crippen LogP contribution in [-0.4, -0.2) is 49.7 Å². The Morgan fingerprint density at radius 2 is 1.97 bits per heavy atom. The van der Waals surface area contributed by atoms with Gasteiger partial charge in [0, 0.05) is 31.5 Å². The lowest BCUT2D eigenvalue weighted by Crippen LogP contribution is -2.38. The maximum absolute atomic E-state index is 5.42. The molecule has 0 saturated carbocycles. The molecule has 2 rings (SSSR count). The number of ether oxygens (including phenoxy) is 2. The average Bonchev–Trinajstić information content (AvgIpc) is 2.98. The van der Waals surface area contributed by atoms with Crippen LogP contribution in [0.4, 0.5) is 0 Å². The van der Waals surface area contributed by atoms with Crippen LogP contribution in [-0.2, 0) is 24.2 Å². The smallest absolute Gasteiger partial charge is 0.191 e. The fourth-order valence-corrected chi connectivity index (χ4v) is 3.20. The van der Waals surface area contributed by atoms with Gasteiger partial charge in [-0.3, -0.25) is 4.68 Å². The minimum Gasteiger partial charge on any atom is -0.496 e. The van der Waals surface area contributed by atoms with Gasteiger partial charge in [0.05, 0.1) is 32.5 Å². The summed E-state index contributed by atoms with van der Waals surface area (Å²) in [6.45, 7) is 11.9. The first kappa shape index (κ1) is 22.7. The van der Waals surface area contributed by atoms with Gasteiger partial charge in [-0.1, -0.05) is 12.1 Å². The first-order valence-corrected chi connectivity index (χ1v) is 10.2. The molecule has 7 heteroatoms. The highest BCUT2D eigenvalue weighted by Gasteiger charge is 2.11. The van der Waals surface area contributed by atoms with E-state index < -0.39 is 0 Å². The zero-order valence-electron chi connectivity index (χ0n) is 18.6. The summed E-state index contributed by atoms with van der Waals surface area (Å²) >= 11 is 0. The maximum Gasteiger partial charge on any atom is 0.191 e. The highest BCUT2D eigenvalue weighted by Crippen LogP contribution is 2.19. The molecule has 0 bridgehead atoms. The van der Waals surface area contributed by atoms with Crippen molar-refractivity contribution >= 4 is 5.96 Å². The van der Waals surface area contributed by atoms with Crippen LogP contribution >= 0.6 is 0 Å². The van der Waals surface area contributed by atoms with Gasteiger partial charge in [-0.25, -0.2) is 4.99 Å². The Hall–Kier alpha value is -2.54. The molecule has 0 radical (unpaired) electrons. The number of nitrogens with zero attached hydrogens (tertiary/aromatic N) is 3. The second-order valence-corrected chi connectivity index (χ2v) is 7.04. The molecule has 29 heavy (non-hydrogen) atoms. The quantitative estimate of drug-likeness (QED) is 0.473. The molecule has 0 aliphatic carbocycles. The molecular formula is C22H35N5O2. The van der Waals surface area contributed by atoms with Gasteiger partial charge in [0.1, 0.15) is 5.75 Å². The first-order chi connectivity index (χ1) is 14.0. The van der Waals surface area contributed by atoms with Crippen molar-refractivity contribution < 1.29 is 9.47 Å². The standard InChI is InChI=1S/C22H35N5O2/c1-7-23-22(24-11-10-19-9-8-16(2)21(14-19)29-6)25-15-20-17(3)26-27(18(20)4)12-13-28-5/h8-9,14H,7,10-13,15H2,1-6H3,(H2,23,24,25). The molecule has 7 nitrogen and oxygen atoms in total. The Labute approximate surface area is 174 Å². The van der Waals surface area contributed by atoms with Crippen LogP contribution in [0.15, 0.2) is 23.2 Å². The van der Waals surface area contributed by atoms with Crippen molar-refractivity contribution in [2.75, 3.05) is 33.9 Å². The van der Waals surface area contributed by atoms with Gasteiger partial charge in [0.2, 0.25) is 0 Å². The molecule has 0 fully saturated rings. The first-order valence-electron chi connectivity index (χ1n) is 10.2. The van der Waals surface area contributed by atoms with Crippen LogP contribution < -0.4 is 15.4 Å². The van der Waals surface area contributed by atoms with Gasteiger partial charge in [0.15, 0.2) is 5.96 Å². The van der Waals surface area contributed by atoms with Gasteiger partial charge >= 0.3 is 0 Å². The SMILES string of the molecule is CCNC(=NCc1c(C)nn(CCOC)c1C)NCCc1ccc(C)c(OC)c1. The predicted molar refractivity (Wildman–Crippen MR) is 118 cm³/mol. The van der Waals surface area contributed by atoms with Crippen LogP contribution in [0.5, 0.6) is 5.75 Å². The molecule has 0 saturated heterocycles. The molecule has 0 amide bonds. The molecule has 1 aromatic heterocycles. The molecule has 2 N–H and O–H groups in total. The predicted octanol–water partition coefficient (Wildman–Crippen LogP) is 2.76. The van der Waals surface area contributed by atoms with Crippen molar-refractivity contribution in [2.24, 2.45) is 4.99 Å². The molecule has 0 spiro atoms. The summed E-state index contributed by atoms with van der Waals surface area (Å²) < 4.78 is 12.6. The van der Waals surface area contributed by atoms with E-state index in [0.717, 1.165) is 54.7 Å². The van der Waals surface area contributed by atoms with Crippen LogP contribution in [0, 0.1) is 20.8 Å². The number of aromatic nitrogens is 2. The third kappa shape index (κ3) is 6.49. The summed E-state index contributed by atoms with van der Waals surface area (Å²) in [5, 5.41) is 11.4. The van der Waals surface area contributed by atoms with Crippen molar-refractivity contribution in [1.29, 1.82) is 0 Å². The monoisotopic (exact) mass is 401 g/mol. The summed E-state index contributed by atoms with van der Waals surface area (Å²) in [5.74, 6) is 1.74. The average molecular weight is 402 g/mol. The maximum atomic E-state index is 5.42. The number of hydrogen-bond acceptors (Lipinski definition) is 4. The van der Waals surface area contributed by atoms with Crippen LogP contribution in [0.25, 0.3) is 0 Å². The van der Waals surface area contributed by atoms with Gasteiger partial charge < -0.3 is 20.1 Å². The lowest BCUT2D eigenvalue weighted by molar-refractivity contribution is 0.182. The molecule has 160 valence electrons. The molecule has 2 aromatic rings. The van der Waals surface area contributed by atoms with E-state index in [1.165, 1.54) is 11.1 Å². The summed E-state index contributed by atoms with van der Waals surface area (Å²) in [5.41, 5.74) is 5.72. The van der Waals surface area contributed by atoms with Crippen LogP contribution in [0.2, 0.25) is 0 Å². The van der Waals surface area contributed by atoms with E-state index in [-0.39, 0.29) is 0 Å². The highest BCUT2D eigenvalue weighted by atomic mass is 16.5. The van der Waals surface area contributed by atoms with Crippen molar-refractivity contribution in [1.82, 2.24) is 20.4 Å². The number of nitrogens with one attached hydrogen (secondary N) is 2. The van der Waals surface area contributed by atoms with Gasteiger partial charge in [-0.15, -0.1) is 0 Å². The Bertz CT molecular complexity index is 814. The van der Waals surface area contributed by atoms with Crippen LogP contribution in [0.3, 0.4) is 0 Å². The largest absolute Gasteiger partial charge is 0.496 e. The number of methoxy groups -OCH3 is 2. The van der Waals surface area contributed by atoms with Crippen LogP contribution in [0.1, 0.15) is 35.0 Å². The third-order valence-corrected chi connectivity index (χ3v) is 4.96.